The monoisotopic (exact) mass is 210 g/mol. The molecule has 1 saturated heterocycles. The smallest absolute Gasteiger partial charge is 0.0351 e. The van der Waals surface area contributed by atoms with Crippen molar-refractivity contribution in [2.24, 2.45) is 0 Å². The van der Waals surface area contributed by atoms with Crippen LogP contribution in [0.2, 0.25) is 0 Å². The summed E-state index contributed by atoms with van der Waals surface area (Å²) >= 11 is 1.86. The van der Waals surface area contributed by atoms with Gasteiger partial charge in [-0.05, 0) is 25.4 Å². The van der Waals surface area contributed by atoms with E-state index < -0.39 is 0 Å². The average Bonchev–Trinajstić information content (AvgIpc) is 2.63. The van der Waals surface area contributed by atoms with Crippen LogP contribution in [0.3, 0.4) is 0 Å². The second kappa shape index (κ2) is 4.01. The van der Waals surface area contributed by atoms with Crippen LogP contribution in [0.1, 0.15) is 11.8 Å². The summed E-state index contributed by atoms with van der Waals surface area (Å²) in [5, 5.41) is 5.64. The third-order valence-electron chi connectivity index (χ3n) is 3.19. The van der Waals surface area contributed by atoms with Crippen LogP contribution < -0.4 is 5.32 Å². The first-order valence-corrected chi connectivity index (χ1v) is 6.03. The van der Waals surface area contributed by atoms with Crippen molar-refractivity contribution >= 4 is 11.3 Å². The van der Waals surface area contributed by atoms with Gasteiger partial charge in [-0.25, -0.2) is 0 Å². The Morgan fingerprint density at radius 1 is 1.64 bits per heavy atom. The second-order valence-corrected chi connectivity index (χ2v) is 5.38. The zero-order valence-corrected chi connectivity index (χ0v) is 9.73. The van der Waals surface area contributed by atoms with Crippen molar-refractivity contribution in [3.8, 4) is 0 Å². The van der Waals surface area contributed by atoms with E-state index in [4.69, 9.17) is 0 Å². The summed E-state index contributed by atoms with van der Waals surface area (Å²) in [6.07, 6.45) is 1.16. The maximum Gasteiger partial charge on any atom is 0.0351 e. The van der Waals surface area contributed by atoms with E-state index in [9.17, 15) is 0 Å². The van der Waals surface area contributed by atoms with Gasteiger partial charge in [0.15, 0.2) is 0 Å². The van der Waals surface area contributed by atoms with E-state index in [1.807, 2.05) is 11.3 Å². The Hall–Kier alpha value is -0.380. The minimum Gasteiger partial charge on any atom is -0.314 e. The largest absolute Gasteiger partial charge is 0.314 e. The molecule has 0 spiro atoms. The molecule has 1 N–H and O–H groups in total. The lowest BCUT2D eigenvalue weighted by Crippen LogP contribution is -2.58. The molecule has 1 aliphatic heterocycles. The van der Waals surface area contributed by atoms with E-state index in [0.717, 1.165) is 26.1 Å². The lowest BCUT2D eigenvalue weighted by molar-refractivity contribution is 0.106. The van der Waals surface area contributed by atoms with Gasteiger partial charge in [0, 0.05) is 36.5 Å². The summed E-state index contributed by atoms with van der Waals surface area (Å²) in [5.41, 5.74) is 0.295. The van der Waals surface area contributed by atoms with Gasteiger partial charge in [-0.3, -0.25) is 4.90 Å². The van der Waals surface area contributed by atoms with Crippen LogP contribution in [0.4, 0.5) is 0 Å². The van der Waals surface area contributed by atoms with Crippen molar-refractivity contribution in [3.05, 3.63) is 22.4 Å². The van der Waals surface area contributed by atoms with E-state index >= 15 is 0 Å². The molecule has 1 aromatic rings. The molecule has 2 rings (SSSR count). The maximum absolute atomic E-state index is 3.48. The molecule has 1 atom stereocenters. The predicted octanol–water partition coefficient (Wildman–Crippen LogP) is 1.58. The Bertz CT molecular complexity index is 283. The zero-order chi connectivity index (χ0) is 10.0. The van der Waals surface area contributed by atoms with Gasteiger partial charge in [0.2, 0.25) is 0 Å². The van der Waals surface area contributed by atoms with Crippen molar-refractivity contribution in [3.63, 3.8) is 0 Å². The zero-order valence-electron chi connectivity index (χ0n) is 8.92. The van der Waals surface area contributed by atoms with Gasteiger partial charge in [-0.1, -0.05) is 6.07 Å². The maximum atomic E-state index is 3.48. The molecule has 3 heteroatoms. The molecule has 2 nitrogen and oxygen atoms in total. The molecule has 0 aliphatic carbocycles. The first kappa shape index (κ1) is 10.1. The molecular weight excluding hydrogens is 192 g/mol. The second-order valence-electron chi connectivity index (χ2n) is 4.35. The fraction of sp³-hybridized carbons (Fsp3) is 0.636. The minimum atomic E-state index is 0.295. The molecule has 1 aromatic heterocycles. The highest BCUT2D eigenvalue weighted by Crippen LogP contribution is 2.23. The highest BCUT2D eigenvalue weighted by Gasteiger charge is 2.31. The summed E-state index contributed by atoms with van der Waals surface area (Å²) in [6, 6.07) is 4.37. The molecule has 0 radical (unpaired) electrons. The Morgan fingerprint density at radius 2 is 2.50 bits per heavy atom. The van der Waals surface area contributed by atoms with Crippen molar-refractivity contribution in [2.45, 2.75) is 18.9 Å². The molecule has 0 bridgehead atoms. The van der Waals surface area contributed by atoms with Crippen LogP contribution in [-0.4, -0.2) is 37.1 Å². The first-order chi connectivity index (χ1) is 6.71. The Balaban J connectivity index is 2.07. The Morgan fingerprint density at radius 3 is 3.14 bits per heavy atom. The summed E-state index contributed by atoms with van der Waals surface area (Å²) in [4.78, 5) is 3.96. The predicted molar refractivity (Wildman–Crippen MR) is 61.9 cm³/mol. The van der Waals surface area contributed by atoms with Gasteiger partial charge in [-0.15, -0.1) is 11.3 Å². The van der Waals surface area contributed by atoms with Crippen LogP contribution in [0.15, 0.2) is 17.5 Å². The van der Waals surface area contributed by atoms with Gasteiger partial charge in [0.05, 0.1) is 0 Å². The first-order valence-electron chi connectivity index (χ1n) is 5.15. The summed E-state index contributed by atoms with van der Waals surface area (Å²) in [5.74, 6) is 0. The third-order valence-corrected chi connectivity index (χ3v) is 4.06. The third kappa shape index (κ3) is 2.00. The Labute approximate surface area is 89.9 Å². The van der Waals surface area contributed by atoms with Crippen molar-refractivity contribution in [2.75, 3.05) is 26.7 Å². The fourth-order valence-corrected chi connectivity index (χ4v) is 2.88. The summed E-state index contributed by atoms with van der Waals surface area (Å²) in [6.45, 7) is 5.72. The normalized spacial score (nSPS) is 29.3. The topological polar surface area (TPSA) is 15.3 Å². The molecule has 14 heavy (non-hydrogen) atoms. The van der Waals surface area contributed by atoms with Gasteiger partial charge < -0.3 is 5.32 Å². The summed E-state index contributed by atoms with van der Waals surface area (Å²) in [7, 11) is 2.23. The minimum absolute atomic E-state index is 0.295. The molecular formula is C11H18N2S. The highest BCUT2D eigenvalue weighted by atomic mass is 32.1. The van der Waals surface area contributed by atoms with Crippen molar-refractivity contribution in [1.29, 1.82) is 0 Å². The molecule has 0 saturated carbocycles. The van der Waals surface area contributed by atoms with Crippen LogP contribution in [0.5, 0.6) is 0 Å². The molecule has 1 fully saturated rings. The molecule has 0 amide bonds. The number of likely N-dealkylation sites (N-methyl/N-ethyl adjacent to an activating group) is 1. The number of hydrogen-bond donors (Lipinski definition) is 1. The van der Waals surface area contributed by atoms with E-state index in [2.05, 4.69) is 41.7 Å². The fourth-order valence-electron chi connectivity index (χ4n) is 2.00. The average molecular weight is 210 g/mol. The number of rotatable bonds is 2. The number of hydrogen-bond acceptors (Lipinski definition) is 3. The number of nitrogens with zero attached hydrogens (tertiary/aromatic N) is 1. The number of thiophene rings is 1. The van der Waals surface area contributed by atoms with Gasteiger partial charge in [-0.2, -0.15) is 0 Å². The van der Waals surface area contributed by atoms with Crippen LogP contribution >= 0.6 is 11.3 Å². The molecule has 1 unspecified atom stereocenters. The van der Waals surface area contributed by atoms with E-state index in [0.29, 0.717) is 5.54 Å². The van der Waals surface area contributed by atoms with E-state index in [1.165, 1.54) is 4.88 Å². The highest BCUT2D eigenvalue weighted by molar-refractivity contribution is 7.09. The van der Waals surface area contributed by atoms with Gasteiger partial charge in [0.25, 0.3) is 0 Å². The molecule has 78 valence electrons. The van der Waals surface area contributed by atoms with E-state index in [-0.39, 0.29) is 0 Å². The Kier molecular flexibility index (Phi) is 2.91. The van der Waals surface area contributed by atoms with Crippen LogP contribution in [0.25, 0.3) is 0 Å². The van der Waals surface area contributed by atoms with Gasteiger partial charge >= 0.3 is 0 Å². The lowest BCUT2D eigenvalue weighted by Gasteiger charge is -2.43. The van der Waals surface area contributed by atoms with Crippen LogP contribution in [-0.2, 0) is 6.42 Å². The summed E-state index contributed by atoms with van der Waals surface area (Å²) < 4.78 is 0. The SMILES string of the molecule is CN1CCNCC1(C)Cc1cccs1. The van der Waals surface area contributed by atoms with Crippen LogP contribution in [0, 0.1) is 0 Å². The number of nitrogens with one attached hydrogen (secondary N) is 1. The lowest BCUT2D eigenvalue weighted by atomic mass is 9.93. The number of piperazine rings is 1. The van der Waals surface area contributed by atoms with Gasteiger partial charge in [0.1, 0.15) is 0 Å². The standard InChI is InChI=1S/C11H18N2S/c1-11(8-10-4-3-7-14-10)9-12-5-6-13(11)2/h3-4,7,12H,5-6,8-9H2,1-2H3. The molecule has 0 aromatic carbocycles. The molecule has 1 aliphatic rings. The van der Waals surface area contributed by atoms with Crippen molar-refractivity contribution < 1.29 is 0 Å². The molecule has 2 heterocycles. The quantitative estimate of drug-likeness (QED) is 0.797. The van der Waals surface area contributed by atoms with Crippen molar-refractivity contribution in [1.82, 2.24) is 10.2 Å². The van der Waals surface area contributed by atoms with E-state index in [1.54, 1.807) is 0 Å².